The Morgan fingerprint density at radius 1 is 1.33 bits per heavy atom. The Bertz CT molecular complexity index is 439. The van der Waals surface area contributed by atoms with Crippen molar-refractivity contribution in [3.8, 4) is 0 Å². The maximum Gasteiger partial charge on any atom is 0.325 e. The molecular formula is C10H12N3S2+. The van der Waals surface area contributed by atoms with Gasteiger partial charge in [0.05, 0.1) is 0 Å². The highest BCUT2D eigenvalue weighted by atomic mass is 32.2. The largest absolute Gasteiger partial charge is 0.327 e. The van der Waals surface area contributed by atoms with Crippen LogP contribution < -0.4 is 10.00 Å². The molecule has 2 rings (SSSR count). The zero-order valence-corrected chi connectivity index (χ0v) is 10.2. The van der Waals surface area contributed by atoms with E-state index in [0.29, 0.717) is 0 Å². The molecule has 0 bridgehead atoms. The van der Waals surface area contributed by atoms with Crippen molar-refractivity contribution in [3.63, 3.8) is 0 Å². The number of nitrogens with one attached hydrogen (secondary N) is 1. The molecule has 15 heavy (non-hydrogen) atoms. The number of anilines is 2. The van der Waals surface area contributed by atoms with E-state index in [2.05, 4.69) is 16.7 Å². The van der Waals surface area contributed by atoms with Crippen LogP contribution in [0.4, 0.5) is 10.8 Å². The molecule has 0 aliphatic rings. The van der Waals surface area contributed by atoms with Gasteiger partial charge in [0, 0.05) is 10.8 Å². The Labute approximate surface area is 97.1 Å². The van der Waals surface area contributed by atoms with E-state index in [1.807, 2.05) is 42.1 Å². The van der Waals surface area contributed by atoms with Crippen molar-refractivity contribution in [1.29, 1.82) is 0 Å². The fourth-order valence-corrected chi connectivity index (χ4v) is 2.76. The van der Waals surface area contributed by atoms with Crippen molar-refractivity contribution in [2.45, 2.75) is 4.34 Å². The normalized spacial score (nSPS) is 10.3. The van der Waals surface area contributed by atoms with Gasteiger partial charge in [-0.2, -0.15) is 0 Å². The van der Waals surface area contributed by atoms with Crippen LogP contribution in [-0.2, 0) is 7.05 Å². The molecule has 3 nitrogen and oxygen atoms in total. The Morgan fingerprint density at radius 2 is 2.07 bits per heavy atom. The second-order valence-electron chi connectivity index (χ2n) is 2.99. The van der Waals surface area contributed by atoms with Crippen LogP contribution in [0.1, 0.15) is 0 Å². The Hall–Kier alpha value is -1.07. The molecule has 0 fully saturated rings. The number of aromatic nitrogens is 2. The van der Waals surface area contributed by atoms with Gasteiger partial charge in [-0.15, -0.1) is 0 Å². The number of benzene rings is 1. The van der Waals surface area contributed by atoms with E-state index in [4.69, 9.17) is 0 Å². The number of hydrogen-bond acceptors (Lipinski definition) is 4. The fraction of sp³-hybridized carbons (Fsp3) is 0.200. The molecule has 2 aromatic rings. The number of nitrogens with zero attached hydrogens (tertiary/aromatic N) is 2. The van der Waals surface area contributed by atoms with Gasteiger partial charge < -0.3 is 5.32 Å². The SMILES string of the molecule is CSc1sc(Nc2ccccc2)n[n+]1C. The highest BCUT2D eigenvalue weighted by molar-refractivity contribution is 8.00. The second-order valence-corrected chi connectivity index (χ2v) is 5.02. The standard InChI is InChI=1S/C10H12N3S2/c1-13-10(14-2)15-9(12-13)11-8-6-4-3-5-7-8/h3-7H,1-2H3,(H,11,12)/q+1. The van der Waals surface area contributed by atoms with Crippen LogP contribution in [0.2, 0.25) is 0 Å². The van der Waals surface area contributed by atoms with E-state index >= 15 is 0 Å². The summed E-state index contributed by atoms with van der Waals surface area (Å²) in [5.74, 6) is 0. The Kier molecular flexibility index (Phi) is 3.23. The van der Waals surface area contributed by atoms with Crippen LogP contribution in [0.15, 0.2) is 34.7 Å². The van der Waals surface area contributed by atoms with Gasteiger partial charge in [-0.05, 0) is 41.5 Å². The number of para-hydroxylation sites is 1. The molecule has 0 saturated heterocycles. The molecule has 0 aliphatic heterocycles. The quantitative estimate of drug-likeness (QED) is 0.657. The van der Waals surface area contributed by atoms with Gasteiger partial charge in [0.25, 0.3) is 5.13 Å². The summed E-state index contributed by atoms with van der Waals surface area (Å²) < 4.78 is 3.08. The average Bonchev–Trinajstić information content (AvgIpc) is 2.60. The Morgan fingerprint density at radius 3 is 2.67 bits per heavy atom. The van der Waals surface area contributed by atoms with Gasteiger partial charge in [0.1, 0.15) is 0 Å². The van der Waals surface area contributed by atoms with E-state index in [-0.39, 0.29) is 0 Å². The monoisotopic (exact) mass is 238 g/mol. The highest BCUT2D eigenvalue weighted by Crippen LogP contribution is 2.24. The van der Waals surface area contributed by atoms with Crippen molar-refractivity contribution in [3.05, 3.63) is 30.3 Å². The summed E-state index contributed by atoms with van der Waals surface area (Å²) in [5.41, 5.74) is 1.07. The topological polar surface area (TPSA) is 28.8 Å². The third kappa shape index (κ3) is 2.49. The third-order valence-corrected chi connectivity index (χ3v) is 4.07. The molecule has 0 spiro atoms. The first-order valence-electron chi connectivity index (χ1n) is 4.53. The van der Waals surface area contributed by atoms with Crippen molar-refractivity contribution in [2.75, 3.05) is 11.6 Å². The van der Waals surface area contributed by atoms with Crippen molar-refractivity contribution in [1.82, 2.24) is 5.10 Å². The summed E-state index contributed by atoms with van der Waals surface area (Å²) in [5, 5.41) is 8.58. The summed E-state index contributed by atoms with van der Waals surface area (Å²) in [7, 11) is 1.96. The first-order chi connectivity index (χ1) is 7.29. The number of rotatable bonds is 3. The molecular weight excluding hydrogens is 226 g/mol. The van der Waals surface area contributed by atoms with Gasteiger partial charge >= 0.3 is 4.34 Å². The number of hydrogen-bond donors (Lipinski definition) is 1. The fourth-order valence-electron chi connectivity index (χ4n) is 1.22. The maximum atomic E-state index is 4.38. The lowest BCUT2D eigenvalue weighted by Crippen LogP contribution is -2.31. The van der Waals surface area contributed by atoms with Gasteiger partial charge in [-0.1, -0.05) is 22.9 Å². The van der Waals surface area contributed by atoms with Gasteiger partial charge in [0.15, 0.2) is 7.05 Å². The second kappa shape index (κ2) is 4.63. The van der Waals surface area contributed by atoms with Gasteiger partial charge in [-0.3, -0.25) is 0 Å². The lowest BCUT2D eigenvalue weighted by atomic mass is 10.3. The van der Waals surface area contributed by atoms with Gasteiger partial charge in [0.2, 0.25) is 0 Å². The van der Waals surface area contributed by atoms with Crippen molar-refractivity contribution in [2.24, 2.45) is 7.05 Å². The number of thioether (sulfide) groups is 1. The van der Waals surface area contributed by atoms with E-state index in [0.717, 1.165) is 10.8 Å². The van der Waals surface area contributed by atoms with Crippen LogP contribution in [0.5, 0.6) is 0 Å². The molecule has 5 heteroatoms. The van der Waals surface area contributed by atoms with Crippen molar-refractivity contribution >= 4 is 33.9 Å². The first-order valence-corrected chi connectivity index (χ1v) is 6.57. The molecule has 0 radical (unpaired) electrons. The summed E-state index contributed by atoms with van der Waals surface area (Å²) in [6, 6.07) is 10.1. The lowest BCUT2D eigenvalue weighted by molar-refractivity contribution is -0.757. The minimum Gasteiger partial charge on any atom is -0.327 e. The van der Waals surface area contributed by atoms with Crippen LogP contribution in [0, 0.1) is 0 Å². The minimum atomic E-state index is 0.924. The summed E-state index contributed by atoms with van der Waals surface area (Å²) in [6.45, 7) is 0. The zero-order chi connectivity index (χ0) is 10.7. The molecule has 0 amide bonds. The summed E-state index contributed by atoms with van der Waals surface area (Å²) >= 11 is 3.36. The van der Waals surface area contributed by atoms with Crippen molar-refractivity contribution < 1.29 is 4.68 Å². The summed E-state index contributed by atoms with van der Waals surface area (Å²) in [6.07, 6.45) is 2.06. The molecule has 0 unspecified atom stereocenters. The molecule has 1 heterocycles. The molecule has 78 valence electrons. The van der Waals surface area contributed by atoms with E-state index in [1.54, 1.807) is 23.1 Å². The van der Waals surface area contributed by atoms with E-state index in [1.165, 1.54) is 4.34 Å². The third-order valence-electron chi connectivity index (χ3n) is 1.89. The molecule has 1 aromatic heterocycles. The van der Waals surface area contributed by atoms with Crippen LogP contribution in [-0.4, -0.2) is 11.4 Å². The predicted octanol–water partition coefficient (Wildman–Crippen LogP) is 2.43. The number of aryl methyl sites for hydroxylation is 1. The van der Waals surface area contributed by atoms with Crippen LogP contribution in [0.25, 0.3) is 0 Å². The Balaban J connectivity index is 2.18. The molecule has 1 aromatic carbocycles. The van der Waals surface area contributed by atoms with Crippen LogP contribution >= 0.6 is 23.1 Å². The molecule has 0 atom stereocenters. The van der Waals surface area contributed by atoms with Crippen LogP contribution in [0.3, 0.4) is 0 Å². The lowest BCUT2D eigenvalue weighted by Gasteiger charge is -1.97. The highest BCUT2D eigenvalue weighted by Gasteiger charge is 2.14. The smallest absolute Gasteiger partial charge is 0.325 e. The van der Waals surface area contributed by atoms with Gasteiger partial charge in [-0.25, -0.2) is 0 Å². The first kappa shape index (κ1) is 10.4. The molecule has 0 saturated carbocycles. The maximum absolute atomic E-state index is 4.38. The average molecular weight is 238 g/mol. The molecule has 0 aliphatic carbocycles. The van der Waals surface area contributed by atoms with E-state index < -0.39 is 0 Å². The van der Waals surface area contributed by atoms with E-state index in [9.17, 15) is 0 Å². The minimum absolute atomic E-state index is 0.924. The zero-order valence-electron chi connectivity index (χ0n) is 8.60. The molecule has 1 N–H and O–H groups in total. The summed E-state index contributed by atoms with van der Waals surface area (Å²) in [4.78, 5) is 0. The predicted molar refractivity (Wildman–Crippen MR) is 64.8 cm³/mol.